The van der Waals surface area contributed by atoms with Gasteiger partial charge in [0.05, 0.1) is 23.8 Å². The fraction of sp³-hybridized carbons (Fsp3) is 0.192. The van der Waals surface area contributed by atoms with Crippen LogP contribution in [0.1, 0.15) is 17.0 Å². The number of pyridine rings is 2. The lowest BCUT2D eigenvalue weighted by Gasteiger charge is -2.17. The lowest BCUT2D eigenvalue weighted by molar-refractivity contribution is 0.288. The number of nitrogens with zero attached hydrogens (tertiary/aromatic N) is 3. The minimum atomic E-state index is -0.191. The standard InChI is InChI=1S/C26H26N6O2/c1-15-20-11-22(29-13-23(20)32-31-15)21-12-24(26(28)30-25(21)19-8-9-33-16(19)2)34-14-18(27)10-17-6-4-3-5-7-17/h3-9,11-13,18H,10,14,27H2,1-2H3,(H2,28,30)(H,31,32)/t18-/m0/s1. The van der Waals surface area contributed by atoms with E-state index in [1.54, 1.807) is 12.5 Å². The largest absolute Gasteiger partial charge is 0.488 e. The zero-order valence-electron chi connectivity index (χ0n) is 19.1. The van der Waals surface area contributed by atoms with Crippen molar-refractivity contribution in [2.75, 3.05) is 12.3 Å². The first-order valence-corrected chi connectivity index (χ1v) is 11.1. The van der Waals surface area contributed by atoms with Crippen LogP contribution in [0.5, 0.6) is 5.75 Å². The summed E-state index contributed by atoms with van der Waals surface area (Å²) < 4.78 is 11.6. The van der Waals surface area contributed by atoms with Crippen LogP contribution in [0.15, 0.2) is 65.4 Å². The van der Waals surface area contributed by atoms with E-state index < -0.39 is 0 Å². The van der Waals surface area contributed by atoms with Gasteiger partial charge in [-0.3, -0.25) is 10.1 Å². The zero-order valence-corrected chi connectivity index (χ0v) is 19.1. The number of nitrogen functional groups attached to an aromatic ring is 1. The van der Waals surface area contributed by atoms with Gasteiger partial charge in [-0.1, -0.05) is 30.3 Å². The molecule has 8 nitrogen and oxygen atoms in total. The summed E-state index contributed by atoms with van der Waals surface area (Å²) in [6.45, 7) is 4.17. The first-order valence-electron chi connectivity index (χ1n) is 11.1. The van der Waals surface area contributed by atoms with Crippen LogP contribution in [0.2, 0.25) is 0 Å². The van der Waals surface area contributed by atoms with E-state index in [-0.39, 0.29) is 11.9 Å². The average molecular weight is 455 g/mol. The minimum Gasteiger partial charge on any atom is -0.488 e. The molecule has 1 aromatic carbocycles. The summed E-state index contributed by atoms with van der Waals surface area (Å²) >= 11 is 0. The number of nitrogens with two attached hydrogens (primary N) is 2. The summed E-state index contributed by atoms with van der Waals surface area (Å²) in [6, 6.07) is 15.6. The predicted octanol–water partition coefficient (Wildman–Crippen LogP) is 4.43. The van der Waals surface area contributed by atoms with E-state index in [0.29, 0.717) is 24.5 Å². The summed E-state index contributed by atoms with van der Waals surface area (Å²) in [5.41, 5.74) is 18.6. The molecular formula is C26H26N6O2. The molecular weight excluding hydrogens is 428 g/mol. The number of benzene rings is 1. The van der Waals surface area contributed by atoms with E-state index >= 15 is 0 Å². The highest BCUT2D eigenvalue weighted by Crippen LogP contribution is 2.37. The third-order valence-electron chi connectivity index (χ3n) is 5.83. The highest BCUT2D eigenvalue weighted by atomic mass is 16.5. The van der Waals surface area contributed by atoms with Crippen LogP contribution in [-0.4, -0.2) is 32.8 Å². The van der Waals surface area contributed by atoms with E-state index in [0.717, 1.165) is 44.7 Å². The quantitative estimate of drug-likeness (QED) is 0.332. The molecule has 5 N–H and O–H groups in total. The Balaban J connectivity index is 1.51. The highest BCUT2D eigenvalue weighted by Gasteiger charge is 2.19. The molecule has 0 aliphatic carbocycles. The number of ether oxygens (including phenoxy) is 1. The van der Waals surface area contributed by atoms with Crippen LogP contribution in [0.3, 0.4) is 0 Å². The van der Waals surface area contributed by atoms with Gasteiger partial charge in [-0.15, -0.1) is 0 Å². The number of hydrogen-bond acceptors (Lipinski definition) is 7. The maximum Gasteiger partial charge on any atom is 0.166 e. The van der Waals surface area contributed by atoms with Crippen LogP contribution in [0, 0.1) is 13.8 Å². The molecule has 0 bridgehead atoms. The van der Waals surface area contributed by atoms with Gasteiger partial charge in [-0.25, -0.2) is 4.98 Å². The summed E-state index contributed by atoms with van der Waals surface area (Å²) in [5, 5.41) is 8.27. The Kier molecular flexibility index (Phi) is 5.73. The molecule has 0 radical (unpaired) electrons. The first kappa shape index (κ1) is 21.7. The van der Waals surface area contributed by atoms with E-state index in [1.807, 2.05) is 50.2 Å². The van der Waals surface area contributed by atoms with Gasteiger partial charge in [0.1, 0.15) is 17.9 Å². The molecule has 0 amide bonds. The second-order valence-electron chi connectivity index (χ2n) is 8.35. The summed E-state index contributed by atoms with van der Waals surface area (Å²) in [7, 11) is 0. The molecule has 5 rings (SSSR count). The third-order valence-corrected chi connectivity index (χ3v) is 5.83. The molecule has 0 unspecified atom stereocenters. The summed E-state index contributed by atoms with van der Waals surface area (Å²) in [5.74, 6) is 1.49. The van der Waals surface area contributed by atoms with Crippen molar-refractivity contribution in [1.82, 2.24) is 20.2 Å². The number of nitrogens with one attached hydrogen (secondary N) is 1. The van der Waals surface area contributed by atoms with Crippen LogP contribution in [0.4, 0.5) is 5.82 Å². The predicted molar refractivity (Wildman–Crippen MR) is 132 cm³/mol. The number of anilines is 1. The van der Waals surface area contributed by atoms with Crippen LogP contribution in [0.25, 0.3) is 33.4 Å². The number of furan rings is 1. The lowest BCUT2D eigenvalue weighted by Crippen LogP contribution is -2.30. The Labute approximate surface area is 197 Å². The van der Waals surface area contributed by atoms with Crippen LogP contribution >= 0.6 is 0 Å². The Bertz CT molecular complexity index is 1440. The molecule has 4 aromatic heterocycles. The third kappa shape index (κ3) is 4.23. The lowest BCUT2D eigenvalue weighted by atomic mass is 10.0. The zero-order chi connectivity index (χ0) is 23.7. The van der Waals surface area contributed by atoms with Crippen molar-refractivity contribution in [2.24, 2.45) is 5.73 Å². The van der Waals surface area contributed by atoms with Gasteiger partial charge in [-0.05, 0) is 44.0 Å². The minimum absolute atomic E-state index is 0.191. The van der Waals surface area contributed by atoms with Gasteiger partial charge in [0.25, 0.3) is 0 Å². The van der Waals surface area contributed by atoms with Gasteiger partial charge >= 0.3 is 0 Å². The number of H-pyrrole nitrogens is 1. The average Bonchev–Trinajstić information content (AvgIpc) is 3.43. The van der Waals surface area contributed by atoms with Crippen molar-refractivity contribution in [3.05, 3.63) is 78.0 Å². The molecule has 0 saturated carbocycles. The summed E-state index contributed by atoms with van der Waals surface area (Å²) in [6.07, 6.45) is 4.08. The van der Waals surface area contributed by atoms with E-state index in [9.17, 15) is 0 Å². The van der Waals surface area contributed by atoms with Gasteiger partial charge in [-0.2, -0.15) is 5.10 Å². The van der Waals surface area contributed by atoms with Crippen LogP contribution < -0.4 is 16.2 Å². The number of aromatic nitrogens is 4. The monoisotopic (exact) mass is 454 g/mol. The maximum atomic E-state index is 6.33. The topological polar surface area (TPSA) is 129 Å². The van der Waals surface area contributed by atoms with Gasteiger partial charge in [0.2, 0.25) is 0 Å². The van der Waals surface area contributed by atoms with E-state index in [4.69, 9.17) is 25.6 Å². The normalized spacial score (nSPS) is 12.2. The molecule has 4 heterocycles. The molecule has 34 heavy (non-hydrogen) atoms. The Morgan fingerprint density at radius 3 is 2.68 bits per heavy atom. The highest BCUT2D eigenvalue weighted by molar-refractivity contribution is 5.89. The number of fused-ring (bicyclic) bond motifs is 1. The molecule has 5 aromatic rings. The smallest absolute Gasteiger partial charge is 0.166 e. The maximum absolute atomic E-state index is 6.33. The molecule has 0 spiro atoms. The van der Waals surface area contributed by atoms with Gasteiger partial charge < -0.3 is 20.6 Å². The van der Waals surface area contributed by atoms with E-state index in [1.165, 1.54) is 0 Å². The van der Waals surface area contributed by atoms with Gasteiger partial charge in [0.15, 0.2) is 11.6 Å². The molecule has 1 atom stereocenters. The molecule has 0 aliphatic heterocycles. The van der Waals surface area contributed by atoms with Crippen molar-refractivity contribution in [3.63, 3.8) is 0 Å². The second kappa shape index (κ2) is 8.99. The van der Waals surface area contributed by atoms with Crippen LogP contribution in [-0.2, 0) is 6.42 Å². The Morgan fingerprint density at radius 2 is 1.91 bits per heavy atom. The number of aryl methyl sites for hydroxylation is 2. The molecule has 8 heteroatoms. The Hall–Kier alpha value is -4.17. The molecule has 0 fully saturated rings. The fourth-order valence-electron chi connectivity index (χ4n) is 4.02. The molecule has 0 aliphatic rings. The number of hydrogen-bond donors (Lipinski definition) is 3. The SMILES string of the molecule is Cc1occc1-c1nc(N)c(OC[C@@H](N)Cc2ccccc2)cc1-c1cc2c(C)[nH]nc2cn1. The summed E-state index contributed by atoms with van der Waals surface area (Å²) in [4.78, 5) is 9.33. The van der Waals surface area contributed by atoms with Crippen molar-refractivity contribution >= 4 is 16.7 Å². The van der Waals surface area contributed by atoms with Crippen molar-refractivity contribution in [2.45, 2.75) is 26.3 Å². The van der Waals surface area contributed by atoms with Gasteiger partial charge in [0, 0.05) is 28.2 Å². The van der Waals surface area contributed by atoms with Crippen molar-refractivity contribution in [3.8, 4) is 28.3 Å². The Morgan fingerprint density at radius 1 is 1.09 bits per heavy atom. The second-order valence-corrected chi connectivity index (χ2v) is 8.35. The number of rotatable bonds is 7. The van der Waals surface area contributed by atoms with E-state index in [2.05, 4.69) is 27.3 Å². The molecule has 0 saturated heterocycles. The number of aromatic amines is 1. The van der Waals surface area contributed by atoms with Crippen molar-refractivity contribution in [1.29, 1.82) is 0 Å². The fourth-order valence-corrected chi connectivity index (χ4v) is 4.02. The molecule has 172 valence electrons. The first-order chi connectivity index (χ1) is 16.5. The van der Waals surface area contributed by atoms with Crippen molar-refractivity contribution < 1.29 is 9.15 Å².